The lowest BCUT2D eigenvalue weighted by Crippen LogP contribution is -2.58. The first-order valence-electron chi connectivity index (χ1n) is 9.97. The fourth-order valence-corrected chi connectivity index (χ4v) is 4.37. The van der Waals surface area contributed by atoms with Crippen molar-refractivity contribution in [1.82, 2.24) is 0 Å². The van der Waals surface area contributed by atoms with Crippen LogP contribution in [-0.2, 0) is 14.2 Å². The molecule has 27 heavy (non-hydrogen) atoms. The van der Waals surface area contributed by atoms with E-state index in [2.05, 4.69) is 0 Å². The molecule has 0 amide bonds. The summed E-state index contributed by atoms with van der Waals surface area (Å²) in [6.07, 6.45) is -3.87. The molecule has 0 aromatic heterocycles. The molecule has 0 bridgehead atoms. The molecule has 10 atom stereocenters. The van der Waals surface area contributed by atoms with Crippen LogP contribution in [0.1, 0.15) is 41.0 Å². The highest BCUT2D eigenvalue weighted by Gasteiger charge is 2.47. The first-order valence-corrected chi connectivity index (χ1v) is 9.97. The third-order valence-electron chi connectivity index (χ3n) is 6.35. The second kappa shape index (κ2) is 9.03. The van der Waals surface area contributed by atoms with E-state index in [1.165, 1.54) is 0 Å². The number of hydrogen-bond donors (Lipinski definition) is 4. The zero-order chi connectivity index (χ0) is 20.5. The summed E-state index contributed by atoms with van der Waals surface area (Å²) < 4.78 is 17.2. The molecule has 4 N–H and O–H groups in total. The largest absolute Gasteiger partial charge is 0.390 e. The van der Waals surface area contributed by atoms with Crippen molar-refractivity contribution in [3.8, 4) is 0 Å². The van der Waals surface area contributed by atoms with Gasteiger partial charge in [0.15, 0.2) is 0 Å². The number of aliphatic hydroxyl groups is 4. The van der Waals surface area contributed by atoms with Gasteiger partial charge in [0.2, 0.25) is 0 Å². The van der Waals surface area contributed by atoms with Crippen LogP contribution in [-0.4, -0.2) is 83.5 Å². The van der Waals surface area contributed by atoms with Crippen LogP contribution in [0.5, 0.6) is 0 Å². The maximum absolute atomic E-state index is 10.6. The maximum Gasteiger partial charge on any atom is 0.107 e. The number of aliphatic hydroxyl groups excluding tert-OH is 4. The Balaban J connectivity index is 1.91. The van der Waals surface area contributed by atoms with E-state index in [1.807, 2.05) is 34.6 Å². The van der Waals surface area contributed by atoms with Gasteiger partial charge in [0.1, 0.15) is 6.10 Å². The summed E-state index contributed by atoms with van der Waals surface area (Å²) in [6, 6.07) is 0. The molecule has 2 fully saturated rings. The molecular weight excluding hydrogens is 352 g/mol. The van der Waals surface area contributed by atoms with Crippen LogP contribution in [0.3, 0.4) is 0 Å². The van der Waals surface area contributed by atoms with Gasteiger partial charge in [0, 0.05) is 24.9 Å². The zero-order valence-corrected chi connectivity index (χ0v) is 17.4. The van der Waals surface area contributed by atoms with E-state index in [-0.39, 0.29) is 48.6 Å². The molecule has 10 unspecified atom stereocenters. The fraction of sp³-hybridized carbons (Fsp3) is 1.00. The van der Waals surface area contributed by atoms with Gasteiger partial charge in [-0.3, -0.25) is 0 Å². The van der Waals surface area contributed by atoms with E-state index >= 15 is 0 Å². The zero-order valence-electron chi connectivity index (χ0n) is 17.4. The Kier molecular flexibility index (Phi) is 7.69. The quantitative estimate of drug-likeness (QED) is 0.543. The van der Waals surface area contributed by atoms with Crippen molar-refractivity contribution < 1.29 is 34.6 Å². The highest BCUT2D eigenvalue weighted by molar-refractivity contribution is 4.95. The summed E-state index contributed by atoms with van der Waals surface area (Å²) in [5.74, 6) is -0.744. The predicted octanol–water partition coefficient (Wildman–Crippen LogP) is 0.567. The molecule has 0 radical (unpaired) electrons. The van der Waals surface area contributed by atoms with Crippen LogP contribution in [0.2, 0.25) is 0 Å². The Morgan fingerprint density at radius 3 is 2.11 bits per heavy atom. The smallest absolute Gasteiger partial charge is 0.107 e. The van der Waals surface area contributed by atoms with E-state index in [1.54, 1.807) is 7.11 Å². The van der Waals surface area contributed by atoms with Gasteiger partial charge >= 0.3 is 0 Å². The molecule has 1 heterocycles. The maximum atomic E-state index is 10.6. The number of rotatable bonds is 5. The van der Waals surface area contributed by atoms with Crippen LogP contribution in [0, 0.1) is 23.2 Å². The topological polar surface area (TPSA) is 109 Å². The minimum atomic E-state index is -0.976. The number of hydrogen-bond acceptors (Lipinski definition) is 7. The number of ether oxygens (including phenoxy) is 3. The van der Waals surface area contributed by atoms with Gasteiger partial charge in [0.25, 0.3) is 0 Å². The normalized spacial score (nSPS) is 46.4. The molecule has 7 nitrogen and oxygen atoms in total. The van der Waals surface area contributed by atoms with Gasteiger partial charge in [-0.15, -0.1) is 0 Å². The van der Waals surface area contributed by atoms with Crippen LogP contribution in [0.4, 0.5) is 0 Å². The van der Waals surface area contributed by atoms with Crippen molar-refractivity contribution in [2.24, 2.45) is 23.2 Å². The molecule has 160 valence electrons. The Morgan fingerprint density at radius 2 is 1.56 bits per heavy atom. The van der Waals surface area contributed by atoms with Gasteiger partial charge in [-0.25, -0.2) is 0 Å². The first-order chi connectivity index (χ1) is 12.5. The Labute approximate surface area is 162 Å². The minimum Gasteiger partial charge on any atom is -0.390 e. The molecule has 7 heteroatoms. The number of methoxy groups -OCH3 is 1. The molecule has 1 aliphatic heterocycles. The second-order valence-electron chi connectivity index (χ2n) is 9.42. The molecule has 2 aliphatic rings. The molecule has 1 saturated carbocycles. The molecule has 0 spiro atoms. The van der Waals surface area contributed by atoms with Crippen LogP contribution in [0.25, 0.3) is 0 Å². The van der Waals surface area contributed by atoms with Crippen molar-refractivity contribution >= 4 is 0 Å². The van der Waals surface area contributed by atoms with E-state index in [4.69, 9.17) is 14.2 Å². The average Bonchev–Trinajstić information content (AvgIpc) is 2.59. The van der Waals surface area contributed by atoms with Crippen molar-refractivity contribution in [2.75, 3.05) is 20.3 Å². The molecule has 1 saturated heterocycles. The van der Waals surface area contributed by atoms with Crippen molar-refractivity contribution in [1.29, 1.82) is 0 Å². The summed E-state index contributed by atoms with van der Waals surface area (Å²) in [7, 11) is 1.61. The second-order valence-corrected chi connectivity index (χ2v) is 9.42. The summed E-state index contributed by atoms with van der Waals surface area (Å²) in [5, 5.41) is 41.6. The molecule has 1 aliphatic carbocycles. The van der Waals surface area contributed by atoms with Crippen molar-refractivity contribution in [3.05, 3.63) is 0 Å². The van der Waals surface area contributed by atoms with E-state index in [0.717, 1.165) is 0 Å². The summed E-state index contributed by atoms with van der Waals surface area (Å²) >= 11 is 0. The van der Waals surface area contributed by atoms with E-state index in [9.17, 15) is 20.4 Å². The third-order valence-corrected chi connectivity index (χ3v) is 6.35. The lowest BCUT2D eigenvalue weighted by Gasteiger charge is -2.46. The van der Waals surface area contributed by atoms with Gasteiger partial charge < -0.3 is 34.6 Å². The predicted molar refractivity (Wildman–Crippen MR) is 100 cm³/mol. The Bertz CT molecular complexity index is 464. The monoisotopic (exact) mass is 390 g/mol. The van der Waals surface area contributed by atoms with Gasteiger partial charge in [-0.1, -0.05) is 27.7 Å². The molecule has 0 aromatic carbocycles. The van der Waals surface area contributed by atoms with Gasteiger partial charge in [-0.2, -0.15) is 0 Å². The van der Waals surface area contributed by atoms with E-state index < -0.39 is 30.5 Å². The third kappa shape index (κ3) is 5.01. The van der Waals surface area contributed by atoms with Gasteiger partial charge in [-0.05, 0) is 18.8 Å². The Hall–Kier alpha value is -0.280. The standard InChI is InChI=1S/C20H38O7/c1-10-14(25-6)7-12(16(22)15(10)21)8-26-9-13-11(2)27-19(20(3,4)5)18(24)17(13)23/h10-19,21-24H,7-9H2,1-6H3. The SMILES string of the molecule is COC1CC(COCC2C(C)OC(C(C)(C)C)C(O)C2O)C(O)C(O)C1C. The van der Waals surface area contributed by atoms with E-state index in [0.29, 0.717) is 6.42 Å². The fourth-order valence-electron chi connectivity index (χ4n) is 4.37. The van der Waals surface area contributed by atoms with Crippen LogP contribution < -0.4 is 0 Å². The highest BCUT2D eigenvalue weighted by atomic mass is 16.5. The van der Waals surface area contributed by atoms with Crippen LogP contribution in [0.15, 0.2) is 0 Å². The average molecular weight is 391 g/mol. The molecule has 0 aromatic rings. The first kappa shape index (κ1) is 23.0. The summed E-state index contributed by atoms with van der Waals surface area (Å²) in [5.41, 5.74) is -0.283. The lowest BCUT2D eigenvalue weighted by atomic mass is 9.76. The summed E-state index contributed by atoms with van der Waals surface area (Å²) in [6.45, 7) is 10.1. The highest BCUT2D eigenvalue weighted by Crippen LogP contribution is 2.36. The molecular formula is C20H38O7. The lowest BCUT2D eigenvalue weighted by molar-refractivity contribution is -0.231. The van der Waals surface area contributed by atoms with Crippen molar-refractivity contribution in [3.63, 3.8) is 0 Å². The minimum absolute atomic E-state index is 0.131. The summed E-state index contributed by atoms with van der Waals surface area (Å²) in [4.78, 5) is 0. The van der Waals surface area contributed by atoms with Crippen molar-refractivity contribution in [2.45, 2.75) is 83.8 Å². The Morgan fingerprint density at radius 1 is 0.926 bits per heavy atom. The van der Waals surface area contributed by atoms with Gasteiger partial charge in [0.05, 0.1) is 49.8 Å². The van der Waals surface area contributed by atoms with Crippen LogP contribution >= 0.6 is 0 Å². The molecule has 2 rings (SSSR count).